The smallest absolute Gasteiger partial charge is 0.129 e. The van der Waals surface area contributed by atoms with E-state index in [0.717, 1.165) is 37.6 Å². The van der Waals surface area contributed by atoms with Crippen molar-refractivity contribution in [3.8, 4) is 0 Å². The molecule has 0 N–H and O–H groups in total. The topological polar surface area (TPSA) is 41.4 Å². The molecule has 0 unspecified atom stereocenters. The van der Waals surface area contributed by atoms with E-state index in [2.05, 4.69) is 32.7 Å². The Bertz CT molecular complexity index is 583. The molecule has 3 rings (SSSR count). The maximum Gasteiger partial charge on any atom is 0.129 e. The van der Waals surface area contributed by atoms with Crippen LogP contribution < -0.4 is 0 Å². The minimum Gasteiger partial charge on any atom is -0.303 e. The summed E-state index contributed by atoms with van der Waals surface area (Å²) >= 11 is 0. The van der Waals surface area contributed by atoms with Gasteiger partial charge in [0.1, 0.15) is 5.78 Å². The number of carbonyl (C=O) groups excluding carboxylic acids is 1. The van der Waals surface area contributed by atoms with Crippen LogP contribution in [0.15, 0.2) is 12.4 Å². The van der Waals surface area contributed by atoms with Crippen LogP contribution >= 0.6 is 0 Å². The number of aromatic nitrogens is 2. The lowest BCUT2D eigenvalue weighted by atomic mass is 9.92. The van der Waals surface area contributed by atoms with Gasteiger partial charge in [0, 0.05) is 25.7 Å². The second kappa shape index (κ2) is 11.1. The van der Waals surface area contributed by atoms with Crippen LogP contribution in [0.2, 0.25) is 0 Å². The van der Waals surface area contributed by atoms with Crippen molar-refractivity contribution in [2.24, 2.45) is 11.8 Å². The Labute approximate surface area is 171 Å². The predicted octanol–water partition coefficient (Wildman–Crippen LogP) is 3.63. The van der Waals surface area contributed by atoms with Gasteiger partial charge in [-0.3, -0.25) is 4.68 Å². The van der Waals surface area contributed by atoms with Crippen molar-refractivity contribution in [1.82, 2.24) is 19.6 Å². The lowest BCUT2D eigenvalue weighted by Crippen LogP contribution is -2.42. The molecule has 1 aromatic heterocycles. The van der Waals surface area contributed by atoms with Crippen LogP contribution in [0.3, 0.4) is 0 Å². The van der Waals surface area contributed by atoms with Crippen LogP contribution in [0.5, 0.6) is 0 Å². The number of hydrogen-bond donors (Lipinski definition) is 0. The zero-order valence-electron chi connectivity index (χ0n) is 18.1. The Morgan fingerprint density at radius 3 is 2.25 bits per heavy atom. The molecule has 0 aromatic carbocycles. The molecule has 158 valence electrons. The summed E-state index contributed by atoms with van der Waals surface area (Å²) in [6, 6.07) is 0. The number of carbonyl (C=O) groups is 1. The Balaban J connectivity index is 1.27. The van der Waals surface area contributed by atoms with E-state index in [1.165, 1.54) is 76.9 Å². The summed E-state index contributed by atoms with van der Waals surface area (Å²) in [4.78, 5) is 16.4. The summed E-state index contributed by atoms with van der Waals surface area (Å²) < 4.78 is 2.16. The third-order valence-electron chi connectivity index (χ3n) is 6.72. The van der Waals surface area contributed by atoms with Crippen LogP contribution in [0, 0.1) is 11.8 Å². The van der Waals surface area contributed by atoms with Gasteiger partial charge in [0.05, 0.1) is 6.20 Å². The highest BCUT2D eigenvalue weighted by Crippen LogP contribution is 2.24. The first-order valence-corrected chi connectivity index (χ1v) is 11.6. The molecule has 2 aliphatic rings. The van der Waals surface area contributed by atoms with E-state index < -0.39 is 0 Å². The fourth-order valence-electron chi connectivity index (χ4n) is 4.77. The van der Waals surface area contributed by atoms with E-state index in [4.69, 9.17) is 0 Å². The summed E-state index contributed by atoms with van der Waals surface area (Å²) in [5.74, 6) is 2.00. The number of ketones is 1. The van der Waals surface area contributed by atoms with Gasteiger partial charge >= 0.3 is 0 Å². The summed E-state index contributed by atoms with van der Waals surface area (Å²) in [5, 5.41) is 4.52. The lowest BCUT2D eigenvalue weighted by molar-refractivity contribution is -0.117. The van der Waals surface area contributed by atoms with Crippen molar-refractivity contribution < 1.29 is 4.79 Å². The van der Waals surface area contributed by atoms with Crippen molar-refractivity contribution in [1.29, 1.82) is 0 Å². The standard InChI is InChI=1S/C23H40N4O/c1-3-21-16-24-27(18-21)19-23-9-14-26(15-10-23)17-22-7-12-25(13-8-22)11-5-4-6-20(2)28/h16,18,22-23H,3-15,17,19H2,1-2H3. The van der Waals surface area contributed by atoms with Crippen LogP contribution in [0.4, 0.5) is 0 Å². The van der Waals surface area contributed by atoms with Crippen molar-refractivity contribution in [3.05, 3.63) is 18.0 Å². The normalized spacial score (nSPS) is 20.6. The summed E-state index contributed by atoms with van der Waals surface area (Å²) in [5.41, 5.74) is 1.35. The number of Topliss-reactive ketones (excluding diaryl/α,β-unsaturated/α-hetero) is 1. The second-order valence-corrected chi connectivity index (χ2v) is 9.11. The Kier molecular flexibility index (Phi) is 8.53. The average Bonchev–Trinajstić information content (AvgIpc) is 3.15. The minimum atomic E-state index is 0.331. The SMILES string of the molecule is CCc1cnn(CC2CCN(CC3CCN(CCCCC(C)=O)CC3)CC2)c1. The highest BCUT2D eigenvalue weighted by molar-refractivity contribution is 5.75. The molecule has 2 aliphatic heterocycles. The monoisotopic (exact) mass is 388 g/mol. The molecular weight excluding hydrogens is 348 g/mol. The van der Waals surface area contributed by atoms with Crippen LogP contribution in [-0.2, 0) is 17.8 Å². The van der Waals surface area contributed by atoms with E-state index >= 15 is 0 Å². The third kappa shape index (κ3) is 7.00. The van der Waals surface area contributed by atoms with Gasteiger partial charge < -0.3 is 14.6 Å². The molecule has 0 bridgehead atoms. The van der Waals surface area contributed by atoms with E-state index in [-0.39, 0.29) is 0 Å². The molecule has 5 nitrogen and oxygen atoms in total. The minimum absolute atomic E-state index is 0.331. The first kappa shape index (κ1) is 21.5. The Hall–Kier alpha value is -1.20. The molecule has 28 heavy (non-hydrogen) atoms. The van der Waals surface area contributed by atoms with Gasteiger partial charge in [0.25, 0.3) is 0 Å². The number of likely N-dealkylation sites (tertiary alicyclic amines) is 2. The lowest BCUT2D eigenvalue weighted by Gasteiger charge is -2.37. The van der Waals surface area contributed by atoms with Crippen molar-refractivity contribution in [3.63, 3.8) is 0 Å². The highest BCUT2D eigenvalue weighted by Gasteiger charge is 2.24. The number of unbranched alkanes of at least 4 members (excludes halogenated alkanes) is 1. The third-order valence-corrected chi connectivity index (χ3v) is 6.72. The van der Waals surface area contributed by atoms with Gasteiger partial charge in [-0.1, -0.05) is 6.92 Å². The number of aryl methyl sites for hydroxylation is 1. The van der Waals surface area contributed by atoms with Crippen molar-refractivity contribution >= 4 is 5.78 Å². The maximum absolute atomic E-state index is 11.0. The largest absolute Gasteiger partial charge is 0.303 e. The average molecular weight is 389 g/mol. The first-order valence-electron chi connectivity index (χ1n) is 11.6. The molecule has 0 spiro atoms. The Morgan fingerprint density at radius 2 is 1.64 bits per heavy atom. The highest BCUT2D eigenvalue weighted by atomic mass is 16.1. The van der Waals surface area contributed by atoms with Crippen molar-refractivity contribution in [2.45, 2.75) is 71.8 Å². The van der Waals surface area contributed by atoms with Crippen LogP contribution in [0.25, 0.3) is 0 Å². The molecule has 2 saturated heterocycles. The zero-order valence-corrected chi connectivity index (χ0v) is 18.1. The zero-order chi connectivity index (χ0) is 19.8. The Morgan fingerprint density at radius 1 is 1.00 bits per heavy atom. The second-order valence-electron chi connectivity index (χ2n) is 9.11. The van der Waals surface area contributed by atoms with Crippen molar-refractivity contribution in [2.75, 3.05) is 39.3 Å². The number of nitrogens with zero attached hydrogens (tertiary/aromatic N) is 4. The fourth-order valence-corrected chi connectivity index (χ4v) is 4.77. The first-order chi connectivity index (χ1) is 13.6. The van der Waals surface area contributed by atoms with Gasteiger partial charge in [0.15, 0.2) is 0 Å². The molecule has 0 saturated carbocycles. The van der Waals surface area contributed by atoms with Gasteiger partial charge in [-0.15, -0.1) is 0 Å². The van der Waals surface area contributed by atoms with Gasteiger partial charge in [-0.25, -0.2) is 0 Å². The van der Waals surface area contributed by atoms with Crippen LogP contribution in [0.1, 0.15) is 64.4 Å². The van der Waals surface area contributed by atoms with Gasteiger partial charge in [-0.2, -0.15) is 5.10 Å². The van der Waals surface area contributed by atoms with Gasteiger partial charge in [-0.05, 0) is 102 Å². The summed E-state index contributed by atoms with van der Waals surface area (Å²) in [6.07, 6.45) is 13.6. The summed E-state index contributed by atoms with van der Waals surface area (Å²) in [6.45, 7) is 12.5. The molecule has 0 amide bonds. The summed E-state index contributed by atoms with van der Waals surface area (Å²) in [7, 11) is 0. The van der Waals surface area contributed by atoms with E-state index in [9.17, 15) is 4.79 Å². The number of piperidine rings is 2. The molecule has 1 aromatic rings. The fraction of sp³-hybridized carbons (Fsp3) is 0.826. The molecule has 2 fully saturated rings. The molecule has 5 heteroatoms. The molecule has 0 aliphatic carbocycles. The van der Waals surface area contributed by atoms with E-state index in [1.807, 2.05) is 6.20 Å². The van der Waals surface area contributed by atoms with E-state index in [1.54, 1.807) is 6.92 Å². The van der Waals surface area contributed by atoms with Crippen LogP contribution in [-0.4, -0.2) is 64.6 Å². The van der Waals surface area contributed by atoms with Gasteiger partial charge in [0.2, 0.25) is 0 Å². The molecule has 3 heterocycles. The predicted molar refractivity (Wildman–Crippen MR) is 114 cm³/mol. The molecule has 0 atom stereocenters. The number of hydrogen-bond acceptors (Lipinski definition) is 4. The number of rotatable bonds is 10. The maximum atomic E-state index is 11.0. The molecular formula is C23H40N4O. The molecule has 0 radical (unpaired) electrons. The quantitative estimate of drug-likeness (QED) is 0.574. The van der Waals surface area contributed by atoms with E-state index in [0.29, 0.717) is 5.78 Å².